The number of nitrogens with zero attached hydrogens (tertiary/aromatic N) is 4. The van der Waals surface area contributed by atoms with Crippen molar-refractivity contribution < 1.29 is 39.1 Å². The highest BCUT2D eigenvalue weighted by Gasteiger charge is 2.52. The van der Waals surface area contributed by atoms with Crippen molar-refractivity contribution in [3.8, 4) is 5.75 Å². The number of hydrogen-bond acceptors (Lipinski definition) is 9. The van der Waals surface area contributed by atoms with Crippen LogP contribution >= 0.6 is 11.5 Å². The second-order valence-corrected chi connectivity index (χ2v) is 13.2. The lowest BCUT2D eigenvalue weighted by Crippen LogP contribution is -2.54. The highest BCUT2D eigenvalue weighted by molar-refractivity contribution is 7.93. The minimum Gasteiger partial charge on any atom is -0.493 e. The number of anilines is 1. The first-order chi connectivity index (χ1) is 18.4. The number of sulfonamides is 2. The zero-order chi connectivity index (χ0) is 28.0. The molecule has 0 spiro atoms. The van der Waals surface area contributed by atoms with Crippen molar-refractivity contribution in [2.24, 2.45) is 0 Å². The van der Waals surface area contributed by atoms with Gasteiger partial charge in [-0.1, -0.05) is 18.2 Å². The molecule has 2 aliphatic rings. The molecule has 210 valence electrons. The van der Waals surface area contributed by atoms with E-state index in [4.69, 9.17) is 4.74 Å². The first-order valence-corrected chi connectivity index (χ1v) is 15.2. The Hall–Kier alpha value is -2.86. The van der Waals surface area contributed by atoms with Crippen LogP contribution in [-0.4, -0.2) is 67.1 Å². The molecule has 2 aliphatic heterocycles. The molecule has 1 saturated heterocycles. The molecule has 1 N–H and O–H groups in total. The fraction of sp³-hybridized carbons (Fsp3) is 0.364. The summed E-state index contributed by atoms with van der Waals surface area (Å²) < 4.78 is 116. The molecule has 0 bridgehead atoms. The minimum absolute atomic E-state index is 0.0554. The van der Waals surface area contributed by atoms with Crippen LogP contribution in [0.3, 0.4) is 0 Å². The van der Waals surface area contributed by atoms with E-state index in [1.165, 1.54) is 30.6 Å². The number of benzene rings is 2. The van der Waals surface area contributed by atoms with Crippen LogP contribution in [0.25, 0.3) is 0 Å². The molecule has 5 rings (SSSR count). The van der Waals surface area contributed by atoms with Crippen molar-refractivity contribution in [2.45, 2.75) is 28.9 Å². The van der Waals surface area contributed by atoms with Gasteiger partial charge >= 0.3 is 15.5 Å². The molecular weight excluding hydrogens is 586 g/mol. The lowest BCUT2D eigenvalue weighted by atomic mass is 9.94. The van der Waals surface area contributed by atoms with Crippen molar-refractivity contribution in [3.05, 3.63) is 65.7 Å². The van der Waals surface area contributed by atoms with Gasteiger partial charge in [0.05, 0.1) is 11.5 Å². The average molecular weight is 608 g/mol. The molecule has 2 atom stereocenters. The Morgan fingerprint density at radius 2 is 1.77 bits per heavy atom. The van der Waals surface area contributed by atoms with E-state index in [1.54, 1.807) is 6.07 Å². The smallest absolute Gasteiger partial charge is 0.493 e. The summed E-state index contributed by atoms with van der Waals surface area (Å²) in [6, 6.07) is 8.15. The van der Waals surface area contributed by atoms with Gasteiger partial charge in [0.25, 0.3) is 10.0 Å². The van der Waals surface area contributed by atoms with Crippen LogP contribution in [0.15, 0.2) is 53.7 Å². The van der Waals surface area contributed by atoms with Crippen molar-refractivity contribution >= 4 is 36.7 Å². The Bertz CT molecular complexity index is 1550. The third-order valence-electron chi connectivity index (χ3n) is 6.56. The van der Waals surface area contributed by atoms with Crippen LogP contribution < -0.4 is 9.46 Å². The fourth-order valence-corrected chi connectivity index (χ4v) is 7.37. The normalized spacial score (nSPS) is 21.2. The molecule has 1 aromatic heterocycles. The maximum absolute atomic E-state index is 13.6. The molecule has 3 heterocycles. The molecule has 39 heavy (non-hydrogen) atoms. The van der Waals surface area contributed by atoms with Gasteiger partial charge in [0, 0.05) is 61.3 Å². The van der Waals surface area contributed by atoms with Gasteiger partial charge in [-0.25, -0.2) is 26.2 Å². The highest BCUT2D eigenvalue weighted by atomic mass is 32.2. The van der Waals surface area contributed by atoms with Gasteiger partial charge in [0.15, 0.2) is 0 Å². The van der Waals surface area contributed by atoms with E-state index in [1.807, 2.05) is 4.90 Å². The van der Waals surface area contributed by atoms with Crippen molar-refractivity contribution in [3.63, 3.8) is 0 Å². The molecule has 2 aromatic carbocycles. The maximum Gasteiger partial charge on any atom is 0.511 e. The summed E-state index contributed by atoms with van der Waals surface area (Å²) in [4.78, 5) is 5.57. The van der Waals surface area contributed by atoms with E-state index < -0.39 is 56.5 Å². The Labute approximate surface area is 225 Å². The molecule has 10 nitrogen and oxygen atoms in total. The number of halogens is 4. The maximum atomic E-state index is 13.6. The largest absolute Gasteiger partial charge is 0.511 e. The van der Waals surface area contributed by atoms with Gasteiger partial charge in [0.2, 0.25) is 5.13 Å². The summed E-state index contributed by atoms with van der Waals surface area (Å²) in [5.41, 5.74) is -4.43. The number of fused-ring (bicyclic) bond motifs is 1. The Morgan fingerprint density at radius 1 is 1.03 bits per heavy atom. The molecule has 3 aromatic rings. The van der Waals surface area contributed by atoms with E-state index in [-0.39, 0.29) is 28.9 Å². The summed E-state index contributed by atoms with van der Waals surface area (Å²) >= 11 is 0.865. The Balaban J connectivity index is 1.48. The van der Waals surface area contributed by atoms with Crippen LogP contribution in [0.5, 0.6) is 5.75 Å². The SMILES string of the molecule is O=S(=O)(Nc1ncns1)c1ccc2c(c1)OCCC2N1CCN(S(=O)(=O)C(F)(F)F)CC1c1ccc(F)cc1. The number of rotatable bonds is 6. The Morgan fingerprint density at radius 3 is 2.44 bits per heavy atom. The van der Waals surface area contributed by atoms with Crippen LogP contribution in [-0.2, 0) is 20.0 Å². The van der Waals surface area contributed by atoms with Crippen LogP contribution in [0, 0.1) is 5.82 Å². The third kappa shape index (κ3) is 5.45. The van der Waals surface area contributed by atoms with Crippen molar-refractivity contribution in [1.29, 1.82) is 0 Å². The monoisotopic (exact) mass is 607 g/mol. The van der Waals surface area contributed by atoms with E-state index in [0.29, 0.717) is 21.9 Å². The molecule has 17 heteroatoms. The molecule has 0 saturated carbocycles. The third-order valence-corrected chi connectivity index (χ3v) is 10.2. The van der Waals surface area contributed by atoms with Gasteiger partial charge in [-0.15, -0.1) is 0 Å². The van der Waals surface area contributed by atoms with Gasteiger partial charge in [-0.2, -0.15) is 21.9 Å². The van der Waals surface area contributed by atoms with Crippen LogP contribution in [0.1, 0.15) is 29.6 Å². The van der Waals surface area contributed by atoms with Crippen molar-refractivity contribution in [1.82, 2.24) is 18.6 Å². The predicted octanol–water partition coefficient (Wildman–Crippen LogP) is 3.51. The van der Waals surface area contributed by atoms with Gasteiger partial charge in [-0.05, 0) is 23.8 Å². The summed E-state index contributed by atoms with van der Waals surface area (Å²) in [5, 5.41) is 0.0836. The molecule has 0 radical (unpaired) electrons. The summed E-state index contributed by atoms with van der Waals surface area (Å²) in [6.45, 7) is -0.787. The van der Waals surface area contributed by atoms with E-state index in [2.05, 4.69) is 14.1 Å². The zero-order valence-corrected chi connectivity index (χ0v) is 22.3. The standard InChI is InChI=1S/C22H21F4N5O5S3/c23-15-3-1-14(2-4-15)19-12-30(39(34,35)22(24,25)26)8-9-31(19)18-7-10-36-20-11-16(5-6-17(18)20)38(32,33)29-21-27-13-28-37-21/h1-6,11,13,18-19H,7-10,12H2,(H,27,28,29). The average Bonchev–Trinajstić information content (AvgIpc) is 3.40. The molecule has 0 aliphatic carbocycles. The summed E-state index contributed by atoms with van der Waals surface area (Å²) in [5.74, 6) is -0.275. The zero-order valence-electron chi connectivity index (χ0n) is 19.9. The van der Waals surface area contributed by atoms with E-state index in [9.17, 15) is 34.4 Å². The quantitative estimate of drug-likeness (QED) is 0.423. The molecule has 0 amide bonds. The van der Waals surface area contributed by atoms with Crippen LogP contribution in [0.2, 0.25) is 0 Å². The molecule has 2 unspecified atom stereocenters. The van der Waals surface area contributed by atoms with E-state index in [0.717, 1.165) is 23.7 Å². The van der Waals surface area contributed by atoms with E-state index >= 15 is 0 Å². The van der Waals surface area contributed by atoms with Gasteiger partial charge in [-0.3, -0.25) is 9.62 Å². The first kappa shape index (κ1) is 27.7. The lowest BCUT2D eigenvalue weighted by molar-refractivity contribution is -0.0521. The molecule has 1 fully saturated rings. The second-order valence-electron chi connectivity index (χ2n) is 8.82. The number of nitrogens with one attached hydrogen (secondary N) is 1. The van der Waals surface area contributed by atoms with Gasteiger partial charge in [0.1, 0.15) is 17.9 Å². The fourth-order valence-electron chi connectivity index (χ4n) is 4.75. The number of alkyl halides is 3. The number of hydrogen-bond donors (Lipinski definition) is 1. The topological polar surface area (TPSA) is 122 Å². The Kier molecular flexibility index (Phi) is 7.30. The highest BCUT2D eigenvalue weighted by Crippen LogP contribution is 2.43. The molecular formula is C22H21F4N5O5S3. The van der Waals surface area contributed by atoms with Gasteiger partial charge < -0.3 is 4.74 Å². The lowest BCUT2D eigenvalue weighted by Gasteiger charge is -2.46. The number of ether oxygens (including phenoxy) is 1. The summed E-state index contributed by atoms with van der Waals surface area (Å²) in [7, 11) is -9.59. The number of aromatic nitrogens is 2. The second kappa shape index (κ2) is 10.3. The minimum atomic E-state index is -5.58. The number of piperazine rings is 1. The summed E-state index contributed by atoms with van der Waals surface area (Å²) in [6.07, 6.45) is 1.62. The van der Waals surface area contributed by atoms with Crippen LogP contribution in [0.4, 0.5) is 22.7 Å². The predicted molar refractivity (Wildman–Crippen MR) is 132 cm³/mol. The first-order valence-electron chi connectivity index (χ1n) is 11.5. The van der Waals surface area contributed by atoms with Crippen molar-refractivity contribution in [2.75, 3.05) is 31.0 Å².